The molecule has 2 rings (SSSR count). The predicted molar refractivity (Wildman–Crippen MR) is 76.8 cm³/mol. The van der Waals surface area contributed by atoms with E-state index in [2.05, 4.69) is 5.32 Å². The highest BCUT2D eigenvalue weighted by molar-refractivity contribution is 5.76. The maximum absolute atomic E-state index is 11.7. The zero-order chi connectivity index (χ0) is 15.1. The smallest absolute Gasteiger partial charge is 0.408 e. The molecule has 2 aromatic rings. The Hall–Kier alpha value is -2.82. The van der Waals surface area contributed by atoms with E-state index < -0.39 is 24.7 Å². The largest absolute Gasteiger partial charge is 0.480 e. The Kier molecular flexibility index (Phi) is 4.93. The molecule has 1 amide bonds. The van der Waals surface area contributed by atoms with E-state index in [4.69, 9.17) is 9.84 Å². The molecule has 0 aromatic heterocycles. The van der Waals surface area contributed by atoms with Gasteiger partial charge in [-0.1, -0.05) is 60.7 Å². The summed E-state index contributed by atoms with van der Waals surface area (Å²) in [5, 5.41) is 10.8. The molecule has 0 unspecified atom stereocenters. The summed E-state index contributed by atoms with van der Waals surface area (Å²) < 4.78 is 5.36. The van der Waals surface area contributed by atoms with Gasteiger partial charge in [-0.15, -0.1) is 0 Å². The number of amides is 1. The standard InChI is InChI=1S/C16H15NO4/c18-14(19)11-17-16(20)21-15(12-7-3-1-4-8-12)13-9-5-2-6-10-13/h1-10,15H,11H2,(H,17,20)(H,18,19). The fourth-order valence-corrected chi connectivity index (χ4v) is 1.88. The van der Waals surface area contributed by atoms with Crippen LogP contribution in [-0.4, -0.2) is 23.7 Å². The Morgan fingerprint density at radius 1 is 0.952 bits per heavy atom. The fourth-order valence-electron chi connectivity index (χ4n) is 1.88. The minimum atomic E-state index is -1.12. The monoisotopic (exact) mass is 285 g/mol. The summed E-state index contributed by atoms with van der Waals surface area (Å²) in [6.45, 7) is -0.477. The lowest BCUT2D eigenvalue weighted by Gasteiger charge is -2.18. The first-order valence-corrected chi connectivity index (χ1v) is 6.43. The van der Waals surface area contributed by atoms with Crippen LogP contribution in [0.2, 0.25) is 0 Å². The minimum Gasteiger partial charge on any atom is -0.480 e. The van der Waals surface area contributed by atoms with Crippen molar-refractivity contribution in [2.24, 2.45) is 0 Å². The number of aliphatic carboxylic acids is 1. The first kappa shape index (κ1) is 14.6. The topological polar surface area (TPSA) is 75.6 Å². The van der Waals surface area contributed by atoms with Gasteiger partial charge in [-0.05, 0) is 11.1 Å². The van der Waals surface area contributed by atoms with Gasteiger partial charge in [0.15, 0.2) is 6.10 Å². The quantitative estimate of drug-likeness (QED) is 0.885. The maximum atomic E-state index is 11.7. The van der Waals surface area contributed by atoms with Crippen LogP contribution in [0, 0.1) is 0 Å². The van der Waals surface area contributed by atoms with Crippen molar-refractivity contribution < 1.29 is 19.4 Å². The average molecular weight is 285 g/mol. The molecule has 0 radical (unpaired) electrons. The Bertz CT molecular complexity index is 559. The first-order chi connectivity index (χ1) is 10.2. The van der Waals surface area contributed by atoms with E-state index in [9.17, 15) is 9.59 Å². The summed E-state index contributed by atoms with van der Waals surface area (Å²) >= 11 is 0. The summed E-state index contributed by atoms with van der Waals surface area (Å²) in [6.07, 6.45) is -1.35. The van der Waals surface area contributed by atoms with Crippen LogP contribution >= 0.6 is 0 Å². The van der Waals surface area contributed by atoms with Gasteiger partial charge in [-0.2, -0.15) is 0 Å². The average Bonchev–Trinajstić information content (AvgIpc) is 2.52. The highest BCUT2D eigenvalue weighted by Crippen LogP contribution is 2.25. The molecule has 0 saturated heterocycles. The van der Waals surface area contributed by atoms with Crippen LogP contribution in [0.4, 0.5) is 4.79 Å². The minimum absolute atomic E-state index is 0.477. The van der Waals surface area contributed by atoms with Crippen LogP contribution in [0.15, 0.2) is 60.7 Å². The van der Waals surface area contributed by atoms with Gasteiger partial charge >= 0.3 is 12.1 Å². The number of benzene rings is 2. The van der Waals surface area contributed by atoms with Crippen molar-refractivity contribution in [1.29, 1.82) is 0 Å². The molecule has 21 heavy (non-hydrogen) atoms. The molecule has 0 saturated carbocycles. The molecule has 5 heteroatoms. The Labute approximate surface area is 122 Å². The number of carboxylic acids is 1. The zero-order valence-corrected chi connectivity index (χ0v) is 11.2. The van der Waals surface area contributed by atoms with Crippen molar-refractivity contribution in [1.82, 2.24) is 5.32 Å². The second kappa shape index (κ2) is 7.09. The lowest BCUT2D eigenvalue weighted by atomic mass is 10.0. The molecule has 0 aliphatic heterocycles. The molecule has 2 aromatic carbocycles. The number of hydrogen-bond acceptors (Lipinski definition) is 3. The lowest BCUT2D eigenvalue weighted by Crippen LogP contribution is -2.31. The van der Waals surface area contributed by atoms with Gasteiger partial charge in [0, 0.05) is 0 Å². The van der Waals surface area contributed by atoms with Gasteiger partial charge in [0.05, 0.1) is 0 Å². The summed E-state index contributed by atoms with van der Waals surface area (Å²) in [6, 6.07) is 18.5. The number of ether oxygens (including phenoxy) is 1. The second-order valence-electron chi connectivity index (χ2n) is 4.35. The van der Waals surface area contributed by atoms with Crippen molar-refractivity contribution in [3.63, 3.8) is 0 Å². The maximum Gasteiger partial charge on any atom is 0.408 e. The van der Waals surface area contributed by atoms with Crippen molar-refractivity contribution in [3.8, 4) is 0 Å². The predicted octanol–water partition coefficient (Wildman–Crippen LogP) is 2.59. The molecule has 0 atom stereocenters. The van der Waals surface area contributed by atoms with Crippen LogP contribution < -0.4 is 5.32 Å². The summed E-state index contributed by atoms with van der Waals surface area (Å²) in [5.74, 6) is -1.12. The van der Waals surface area contributed by atoms with Gasteiger partial charge < -0.3 is 15.2 Å². The van der Waals surface area contributed by atoms with Crippen LogP contribution in [0.5, 0.6) is 0 Å². The lowest BCUT2D eigenvalue weighted by molar-refractivity contribution is -0.135. The molecular weight excluding hydrogens is 270 g/mol. The van der Waals surface area contributed by atoms with Crippen molar-refractivity contribution >= 4 is 12.1 Å². The number of carbonyl (C=O) groups excluding carboxylic acids is 1. The van der Waals surface area contributed by atoms with Crippen LogP contribution in [0.1, 0.15) is 17.2 Å². The SMILES string of the molecule is O=C(O)CNC(=O)OC(c1ccccc1)c1ccccc1. The molecular formula is C16H15NO4. The summed E-state index contributed by atoms with van der Waals surface area (Å²) in [4.78, 5) is 22.2. The zero-order valence-electron chi connectivity index (χ0n) is 11.2. The molecule has 0 aliphatic rings. The number of carbonyl (C=O) groups is 2. The molecule has 0 bridgehead atoms. The van der Waals surface area contributed by atoms with Crippen molar-refractivity contribution in [2.75, 3.05) is 6.54 Å². The number of rotatable bonds is 5. The fraction of sp³-hybridized carbons (Fsp3) is 0.125. The van der Waals surface area contributed by atoms with Crippen molar-refractivity contribution in [2.45, 2.75) is 6.10 Å². The molecule has 0 heterocycles. The molecule has 108 valence electrons. The van der Waals surface area contributed by atoms with Gasteiger partial charge in [-0.25, -0.2) is 4.79 Å². The third-order valence-corrected chi connectivity index (χ3v) is 2.81. The van der Waals surface area contributed by atoms with Crippen molar-refractivity contribution in [3.05, 3.63) is 71.8 Å². The number of alkyl carbamates (subject to hydrolysis) is 1. The van der Waals surface area contributed by atoms with E-state index in [0.29, 0.717) is 0 Å². The highest BCUT2D eigenvalue weighted by atomic mass is 16.6. The van der Waals surface area contributed by atoms with E-state index in [0.717, 1.165) is 11.1 Å². The van der Waals surface area contributed by atoms with Gasteiger partial charge in [0.1, 0.15) is 6.54 Å². The Morgan fingerprint density at radius 2 is 1.43 bits per heavy atom. The van der Waals surface area contributed by atoms with Crippen LogP contribution in [-0.2, 0) is 9.53 Å². The molecule has 2 N–H and O–H groups in total. The molecule has 0 aliphatic carbocycles. The number of carboxylic acid groups (broad SMARTS) is 1. The molecule has 0 spiro atoms. The summed E-state index contributed by atoms with van der Waals surface area (Å²) in [5.41, 5.74) is 1.63. The van der Waals surface area contributed by atoms with Gasteiger partial charge in [-0.3, -0.25) is 4.79 Å². The van der Waals surface area contributed by atoms with Crippen LogP contribution in [0.3, 0.4) is 0 Å². The first-order valence-electron chi connectivity index (χ1n) is 6.43. The second-order valence-corrected chi connectivity index (χ2v) is 4.35. The Balaban J connectivity index is 2.17. The number of hydrogen-bond donors (Lipinski definition) is 2. The van der Waals surface area contributed by atoms with Gasteiger partial charge in [0.25, 0.3) is 0 Å². The van der Waals surface area contributed by atoms with Crippen LogP contribution in [0.25, 0.3) is 0 Å². The third-order valence-electron chi connectivity index (χ3n) is 2.81. The third kappa shape index (κ3) is 4.35. The number of nitrogens with one attached hydrogen (secondary N) is 1. The van der Waals surface area contributed by atoms with E-state index >= 15 is 0 Å². The molecule has 0 fully saturated rings. The Morgan fingerprint density at radius 3 is 1.86 bits per heavy atom. The summed E-state index contributed by atoms with van der Waals surface area (Å²) in [7, 11) is 0. The van der Waals surface area contributed by atoms with Gasteiger partial charge in [0.2, 0.25) is 0 Å². The normalized spacial score (nSPS) is 10.1. The van der Waals surface area contributed by atoms with E-state index in [-0.39, 0.29) is 0 Å². The molecule has 5 nitrogen and oxygen atoms in total. The highest BCUT2D eigenvalue weighted by Gasteiger charge is 2.18. The van der Waals surface area contributed by atoms with E-state index in [1.165, 1.54) is 0 Å². The van der Waals surface area contributed by atoms with E-state index in [1.54, 1.807) is 0 Å². The van der Waals surface area contributed by atoms with E-state index in [1.807, 2.05) is 60.7 Å².